The van der Waals surface area contributed by atoms with Crippen LogP contribution in [0.5, 0.6) is 0 Å². The molecule has 0 radical (unpaired) electrons. The Morgan fingerprint density at radius 3 is 2.74 bits per heavy atom. The summed E-state index contributed by atoms with van der Waals surface area (Å²) in [6, 6.07) is 1.91. The van der Waals surface area contributed by atoms with Crippen LogP contribution in [-0.2, 0) is 16.1 Å². The molecule has 2 rings (SSSR count). The average Bonchev–Trinajstić information content (AvgIpc) is 2.38. The maximum absolute atomic E-state index is 10.9. The highest BCUT2D eigenvalue weighted by Crippen LogP contribution is 2.22. The number of ether oxygens (including phenoxy) is 1. The molecule has 0 atom stereocenters. The van der Waals surface area contributed by atoms with E-state index in [1.165, 1.54) is 0 Å². The molecule has 0 spiro atoms. The second-order valence-electron chi connectivity index (χ2n) is 4.80. The lowest BCUT2D eigenvalue weighted by Gasteiger charge is -2.31. The number of aromatic nitrogens is 2. The van der Waals surface area contributed by atoms with Gasteiger partial charge in [-0.05, 0) is 19.8 Å². The van der Waals surface area contributed by atoms with E-state index >= 15 is 0 Å². The van der Waals surface area contributed by atoms with E-state index in [1.807, 2.05) is 13.0 Å². The Balaban J connectivity index is 2.08. The first-order valence-corrected chi connectivity index (χ1v) is 6.41. The van der Waals surface area contributed by atoms with Gasteiger partial charge >= 0.3 is 5.97 Å². The minimum absolute atomic E-state index is 0.224. The first-order valence-electron chi connectivity index (χ1n) is 6.41. The predicted octanol–water partition coefficient (Wildman–Crippen LogP) is 1.23. The highest BCUT2D eigenvalue weighted by atomic mass is 16.5. The molecule has 1 N–H and O–H groups in total. The largest absolute Gasteiger partial charge is 0.481 e. The summed E-state index contributed by atoms with van der Waals surface area (Å²) in [6.07, 6.45) is 1.33. The smallest absolute Gasteiger partial charge is 0.306 e. The maximum Gasteiger partial charge on any atom is 0.306 e. The van der Waals surface area contributed by atoms with Crippen LogP contribution in [0, 0.1) is 12.8 Å². The second kappa shape index (κ2) is 5.97. The van der Waals surface area contributed by atoms with Gasteiger partial charge in [0.25, 0.3) is 0 Å². The maximum atomic E-state index is 10.9. The number of aliphatic carboxylic acids is 1. The monoisotopic (exact) mass is 265 g/mol. The van der Waals surface area contributed by atoms with Crippen LogP contribution in [0.15, 0.2) is 6.07 Å². The molecule has 1 saturated heterocycles. The number of piperidine rings is 1. The lowest BCUT2D eigenvalue weighted by atomic mass is 9.97. The molecule has 0 aromatic carbocycles. The molecule has 1 aliphatic rings. The van der Waals surface area contributed by atoms with Gasteiger partial charge < -0.3 is 14.7 Å². The number of methoxy groups -OCH3 is 1. The predicted molar refractivity (Wildman–Crippen MR) is 70.1 cm³/mol. The fourth-order valence-corrected chi connectivity index (χ4v) is 2.35. The Labute approximate surface area is 112 Å². The molecule has 1 fully saturated rings. The highest BCUT2D eigenvalue weighted by molar-refractivity contribution is 5.70. The van der Waals surface area contributed by atoms with E-state index in [1.54, 1.807) is 7.11 Å². The summed E-state index contributed by atoms with van der Waals surface area (Å²) in [6.45, 7) is 3.76. The van der Waals surface area contributed by atoms with E-state index in [2.05, 4.69) is 14.9 Å². The molecule has 0 saturated carbocycles. The van der Waals surface area contributed by atoms with E-state index in [9.17, 15) is 4.79 Å². The molecule has 19 heavy (non-hydrogen) atoms. The SMILES string of the molecule is COCc1cc(N2CCC(C(=O)O)CC2)nc(C)n1. The number of carbonyl (C=O) groups is 1. The number of anilines is 1. The number of carboxylic acids is 1. The van der Waals surface area contributed by atoms with Crippen LogP contribution < -0.4 is 4.90 Å². The van der Waals surface area contributed by atoms with Crippen molar-refractivity contribution in [1.29, 1.82) is 0 Å². The van der Waals surface area contributed by atoms with Crippen LogP contribution in [0.2, 0.25) is 0 Å². The van der Waals surface area contributed by atoms with E-state index in [0.717, 1.165) is 24.6 Å². The van der Waals surface area contributed by atoms with Gasteiger partial charge in [-0.25, -0.2) is 9.97 Å². The molecule has 0 unspecified atom stereocenters. The van der Waals surface area contributed by atoms with Gasteiger partial charge in [-0.3, -0.25) is 4.79 Å². The Bertz CT molecular complexity index is 456. The fraction of sp³-hybridized carbons (Fsp3) is 0.615. The molecule has 0 aliphatic carbocycles. The second-order valence-corrected chi connectivity index (χ2v) is 4.80. The van der Waals surface area contributed by atoms with Crippen molar-refractivity contribution < 1.29 is 14.6 Å². The molecular weight excluding hydrogens is 246 g/mol. The molecule has 1 aromatic heterocycles. The van der Waals surface area contributed by atoms with Crippen LogP contribution in [0.4, 0.5) is 5.82 Å². The molecule has 6 heteroatoms. The van der Waals surface area contributed by atoms with Crippen molar-refractivity contribution in [3.63, 3.8) is 0 Å². The Morgan fingerprint density at radius 2 is 2.16 bits per heavy atom. The zero-order valence-corrected chi connectivity index (χ0v) is 11.3. The third-order valence-corrected chi connectivity index (χ3v) is 3.34. The summed E-state index contributed by atoms with van der Waals surface area (Å²) in [5.74, 6) is 0.657. The van der Waals surface area contributed by atoms with Crippen molar-refractivity contribution in [3.8, 4) is 0 Å². The third-order valence-electron chi connectivity index (χ3n) is 3.34. The third kappa shape index (κ3) is 3.41. The van der Waals surface area contributed by atoms with Gasteiger partial charge in [0.05, 0.1) is 18.2 Å². The van der Waals surface area contributed by atoms with Crippen molar-refractivity contribution in [2.75, 3.05) is 25.1 Å². The summed E-state index contributed by atoms with van der Waals surface area (Å²) in [5, 5.41) is 8.99. The Kier molecular flexibility index (Phi) is 4.31. The van der Waals surface area contributed by atoms with Crippen LogP contribution in [-0.4, -0.2) is 41.2 Å². The van der Waals surface area contributed by atoms with Gasteiger partial charge in [0.2, 0.25) is 0 Å². The van der Waals surface area contributed by atoms with E-state index in [0.29, 0.717) is 25.3 Å². The Morgan fingerprint density at radius 1 is 1.47 bits per heavy atom. The van der Waals surface area contributed by atoms with Crippen molar-refractivity contribution in [2.24, 2.45) is 5.92 Å². The van der Waals surface area contributed by atoms with Gasteiger partial charge in [0, 0.05) is 26.3 Å². The van der Waals surface area contributed by atoms with Gasteiger partial charge in [0.15, 0.2) is 0 Å². The van der Waals surface area contributed by atoms with E-state index in [-0.39, 0.29) is 5.92 Å². The fourth-order valence-electron chi connectivity index (χ4n) is 2.35. The Hall–Kier alpha value is -1.69. The average molecular weight is 265 g/mol. The number of hydrogen-bond donors (Lipinski definition) is 1. The molecule has 104 valence electrons. The van der Waals surface area contributed by atoms with Crippen LogP contribution in [0.1, 0.15) is 24.4 Å². The lowest BCUT2D eigenvalue weighted by Crippen LogP contribution is -2.37. The molecular formula is C13H19N3O3. The number of carboxylic acid groups (broad SMARTS) is 1. The van der Waals surface area contributed by atoms with Crippen LogP contribution >= 0.6 is 0 Å². The number of hydrogen-bond acceptors (Lipinski definition) is 5. The molecule has 1 aliphatic heterocycles. The summed E-state index contributed by atoms with van der Waals surface area (Å²) < 4.78 is 5.09. The van der Waals surface area contributed by atoms with Gasteiger partial charge in [-0.1, -0.05) is 0 Å². The molecule has 6 nitrogen and oxygen atoms in total. The summed E-state index contributed by atoms with van der Waals surface area (Å²) >= 11 is 0. The standard InChI is InChI=1S/C13H19N3O3/c1-9-14-11(8-19-2)7-12(15-9)16-5-3-10(4-6-16)13(17)18/h7,10H,3-6,8H2,1-2H3,(H,17,18). The molecule has 1 aromatic rings. The first-order chi connectivity index (χ1) is 9.10. The van der Waals surface area contributed by atoms with Crippen LogP contribution in [0.3, 0.4) is 0 Å². The quantitative estimate of drug-likeness (QED) is 0.882. The summed E-state index contributed by atoms with van der Waals surface area (Å²) in [5.41, 5.74) is 0.852. The number of aryl methyl sites for hydroxylation is 1. The summed E-state index contributed by atoms with van der Waals surface area (Å²) in [4.78, 5) is 21.8. The zero-order valence-electron chi connectivity index (χ0n) is 11.3. The first kappa shape index (κ1) is 13.7. The minimum atomic E-state index is -0.696. The van der Waals surface area contributed by atoms with E-state index in [4.69, 9.17) is 9.84 Å². The normalized spacial score (nSPS) is 16.6. The topological polar surface area (TPSA) is 75.5 Å². The minimum Gasteiger partial charge on any atom is -0.481 e. The van der Waals surface area contributed by atoms with Crippen molar-refractivity contribution in [3.05, 3.63) is 17.6 Å². The van der Waals surface area contributed by atoms with Gasteiger partial charge in [0.1, 0.15) is 11.6 Å². The molecule has 2 heterocycles. The van der Waals surface area contributed by atoms with Gasteiger partial charge in [-0.15, -0.1) is 0 Å². The van der Waals surface area contributed by atoms with Gasteiger partial charge in [-0.2, -0.15) is 0 Å². The number of nitrogens with zero attached hydrogens (tertiary/aromatic N) is 3. The highest BCUT2D eigenvalue weighted by Gasteiger charge is 2.25. The molecule has 0 amide bonds. The summed E-state index contributed by atoms with van der Waals surface area (Å²) in [7, 11) is 1.63. The van der Waals surface area contributed by atoms with Crippen molar-refractivity contribution in [2.45, 2.75) is 26.4 Å². The van der Waals surface area contributed by atoms with Crippen molar-refractivity contribution >= 4 is 11.8 Å². The molecule has 0 bridgehead atoms. The van der Waals surface area contributed by atoms with Crippen molar-refractivity contribution in [1.82, 2.24) is 9.97 Å². The zero-order chi connectivity index (χ0) is 13.8. The van der Waals surface area contributed by atoms with Crippen LogP contribution in [0.25, 0.3) is 0 Å². The number of rotatable bonds is 4. The van der Waals surface area contributed by atoms with E-state index < -0.39 is 5.97 Å². The lowest BCUT2D eigenvalue weighted by molar-refractivity contribution is -0.142.